The van der Waals surface area contributed by atoms with Crippen molar-refractivity contribution < 1.29 is 29.0 Å². The molecule has 0 saturated carbocycles. The van der Waals surface area contributed by atoms with Gasteiger partial charge in [-0.05, 0) is 56.9 Å². The molecule has 2 aromatic rings. The van der Waals surface area contributed by atoms with E-state index in [1.807, 2.05) is 19.0 Å². The minimum Gasteiger partial charge on any atom is -0.507 e. The van der Waals surface area contributed by atoms with E-state index >= 15 is 0 Å². The Morgan fingerprint density at radius 3 is 2.36 bits per heavy atom. The molecule has 0 unspecified atom stereocenters. The van der Waals surface area contributed by atoms with Crippen LogP contribution in [-0.4, -0.2) is 74.0 Å². The Hall–Kier alpha value is -3.65. The molecule has 1 atom stereocenters. The number of nitrogens with zero attached hydrogens (tertiary/aromatic N) is 2. The summed E-state index contributed by atoms with van der Waals surface area (Å²) in [6.07, 6.45) is 0.649. The van der Waals surface area contributed by atoms with E-state index in [-0.39, 0.29) is 11.3 Å². The van der Waals surface area contributed by atoms with Crippen LogP contribution in [0.5, 0.6) is 5.75 Å². The lowest BCUT2D eigenvalue weighted by Crippen LogP contribution is -2.32. The number of likely N-dealkylation sites (tertiary alicyclic amines) is 1. The molecule has 0 spiro atoms. The van der Waals surface area contributed by atoms with Crippen LogP contribution in [0.1, 0.15) is 33.9 Å². The van der Waals surface area contributed by atoms with Gasteiger partial charge in [0.05, 0.1) is 31.4 Å². The lowest BCUT2D eigenvalue weighted by molar-refractivity contribution is -0.139. The van der Waals surface area contributed by atoms with E-state index < -0.39 is 23.7 Å². The van der Waals surface area contributed by atoms with Crippen LogP contribution >= 0.6 is 0 Å². The third-order valence-corrected chi connectivity index (χ3v) is 5.53. The van der Waals surface area contributed by atoms with Crippen molar-refractivity contribution in [3.05, 3.63) is 70.8 Å². The second kappa shape index (κ2) is 10.3. The van der Waals surface area contributed by atoms with Gasteiger partial charge in [0.25, 0.3) is 11.7 Å². The number of aliphatic hydroxyl groups excluding tert-OH is 1. The first-order valence-corrected chi connectivity index (χ1v) is 10.5. The van der Waals surface area contributed by atoms with E-state index in [2.05, 4.69) is 0 Å². The quantitative estimate of drug-likeness (QED) is 0.285. The van der Waals surface area contributed by atoms with Crippen molar-refractivity contribution in [1.29, 1.82) is 0 Å². The van der Waals surface area contributed by atoms with Crippen LogP contribution in [0.4, 0.5) is 0 Å². The number of esters is 1. The number of aliphatic hydroxyl groups is 1. The van der Waals surface area contributed by atoms with Gasteiger partial charge >= 0.3 is 5.97 Å². The molecular formula is C25H28N2O6. The minimum atomic E-state index is -0.787. The molecule has 1 fully saturated rings. The molecule has 1 aliphatic rings. The molecule has 0 bridgehead atoms. The molecule has 1 N–H and O–H groups in total. The first-order valence-electron chi connectivity index (χ1n) is 10.5. The first kappa shape index (κ1) is 24.0. The average Bonchev–Trinajstić information content (AvgIpc) is 3.08. The number of ether oxygens (including phenoxy) is 2. The van der Waals surface area contributed by atoms with E-state index in [0.717, 1.165) is 6.54 Å². The summed E-state index contributed by atoms with van der Waals surface area (Å²) in [6, 6.07) is 12.4. The van der Waals surface area contributed by atoms with E-state index in [1.54, 1.807) is 48.5 Å². The number of carbonyl (C=O) groups is 3. The zero-order valence-electron chi connectivity index (χ0n) is 19.2. The highest BCUT2D eigenvalue weighted by molar-refractivity contribution is 6.46. The molecule has 174 valence electrons. The summed E-state index contributed by atoms with van der Waals surface area (Å²) in [7, 11) is 6.66. The van der Waals surface area contributed by atoms with Crippen molar-refractivity contribution in [1.82, 2.24) is 9.80 Å². The zero-order valence-corrected chi connectivity index (χ0v) is 19.2. The van der Waals surface area contributed by atoms with Gasteiger partial charge in [0.2, 0.25) is 0 Å². The average molecular weight is 453 g/mol. The molecule has 1 saturated heterocycles. The molecule has 33 heavy (non-hydrogen) atoms. The Balaban J connectivity index is 2.10. The summed E-state index contributed by atoms with van der Waals surface area (Å²) in [4.78, 5) is 41.3. The second-order valence-electron chi connectivity index (χ2n) is 7.99. The van der Waals surface area contributed by atoms with Gasteiger partial charge in [0.1, 0.15) is 11.5 Å². The van der Waals surface area contributed by atoms with Crippen LogP contribution in [0.15, 0.2) is 54.1 Å². The van der Waals surface area contributed by atoms with E-state index in [9.17, 15) is 19.5 Å². The van der Waals surface area contributed by atoms with Crippen molar-refractivity contribution >= 4 is 23.4 Å². The molecular weight excluding hydrogens is 424 g/mol. The van der Waals surface area contributed by atoms with Gasteiger partial charge in [-0.25, -0.2) is 4.79 Å². The lowest BCUT2D eigenvalue weighted by atomic mass is 9.94. The number of ketones is 1. The third-order valence-electron chi connectivity index (χ3n) is 5.53. The molecule has 8 nitrogen and oxygen atoms in total. The van der Waals surface area contributed by atoms with Gasteiger partial charge in [-0.1, -0.05) is 24.3 Å². The Morgan fingerprint density at radius 1 is 1.06 bits per heavy atom. The van der Waals surface area contributed by atoms with Gasteiger partial charge in [-0.3, -0.25) is 9.59 Å². The van der Waals surface area contributed by atoms with Gasteiger partial charge in [0, 0.05) is 12.1 Å². The zero-order chi connectivity index (χ0) is 24.1. The predicted molar refractivity (Wildman–Crippen MR) is 123 cm³/mol. The Bertz CT molecular complexity index is 1070. The number of rotatable bonds is 8. The Labute approximate surface area is 193 Å². The molecule has 2 aromatic carbocycles. The van der Waals surface area contributed by atoms with Gasteiger partial charge in [0.15, 0.2) is 0 Å². The van der Waals surface area contributed by atoms with Crippen molar-refractivity contribution in [2.24, 2.45) is 0 Å². The summed E-state index contributed by atoms with van der Waals surface area (Å²) in [5.74, 6) is -1.66. The fraction of sp³-hybridized carbons (Fsp3) is 0.320. The van der Waals surface area contributed by atoms with Crippen molar-refractivity contribution in [2.75, 3.05) is 41.4 Å². The molecule has 0 aliphatic carbocycles. The van der Waals surface area contributed by atoms with Gasteiger partial charge in [-0.2, -0.15) is 0 Å². The summed E-state index contributed by atoms with van der Waals surface area (Å²) in [5.41, 5.74) is 1.33. The number of methoxy groups -OCH3 is 2. The highest BCUT2D eigenvalue weighted by Crippen LogP contribution is 2.39. The van der Waals surface area contributed by atoms with Gasteiger partial charge in [-0.15, -0.1) is 0 Å². The normalized spacial score (nSPS) is 17.5. The van der Waals surface area contributed by atoms with Crippen LogP contribution in [0, 0.1) is 0 Å². The third kappa shape index (κ3) is 5.06. The molecule has 1 aliphatic heterocycles. The number of Topliss-reactive ketones (excluding diaryl/α,β-unsaturated/α-hetero) is 1. The number of hydrogen-bond acceptors (Lipinski definition) is 7. The summed E-state index contributed by atoms with van der Waals surface area (Å²) in [5, 5.41) is 11.1. The number of amides is 1. The smallest absolute Gasteiger partial charge is 0.337 e. The van der Waals surface area contributed by atoms with Gasteiger partial charge < -0.3 is 24.4 Å². The SMILES string of the molecule is COC(=O)c1ccc([C@@H]2/C(=C(/O)c3cccc(OC)c3)C(=O)C(=O)N2CCCN(C)C)cc1. The fourth-order valence-corrected chi connectivity index (χ4v) is 3.86. The maximum Gasteiger partial charge on any atom is 0.337 e. The monoisotopic (exact) mass is 452 g/mol. The van der Waals surface area contributed by atoms with Crippen LogP contribution in [0.2, 0.25) is 0 Å². The minimum absolute atomic E-state index is 0.00363. The maximum atomic E-state index is 13.1. The molecule has 1 heterocycles. The van der Waals surface area contributed by atoms with Crippen LogP contribution < -0.4 is 4.74 Å². The molecule has 0 aromatic heterocycles. The van der Waals surface area contributed by atoms with Crippen molar-refractivity contribution in [2.45, 2.75) is 12.5 Å². The second-order valence-corrected chi connectivity index (χ2v) is 7.99. The molecule has 8 heteroatoms. The number of carbonyl (C=O) groups excluding carboxylic acids is 3. The van der Waals surface area contributed by atoms with E-state index in [4.69, 9.17) is 9.47 Å². The predicted octanol–water partition coefficient (Wildman–Crippen LogP) is 2.86. The van der Waals surface area contributed by atoms with E-state index in [1.165, 1.54) is 19.1 Å². The van der Waals surface area contributed by atoms with Crippen LogP contribution in [0.25, 0.3) is 5.76 Å². The van der Waals surface area contributed by atoms with Crippen LogP contribution in [-0.2, 0) is 14.3 Å². The standard InChI is InChI=1S/C25H28N2O6/c1-26(2)13-6-14-27-21(16-9-11-17(12-10-16)25(31)33-4)20(23(29)24(27)30)22(28)18-7-5-8-19(15-18)32-3/h5,7-12,15,21,28H,6,13-14H2,1-4H3/b22-20-/t21-/m1/s1. The number of hydrogen-bond donors (Lipinski definition) is 1. The van der Waals surface area contributed by atoms with E-state index in [0.29, 0.717) is 35.4 Å². The van der Waals surface area contributed by atoms with Crippen molar-refractivity contribution in [3.8, 4) is 5.75 Å². The summed E-state index contributed by atoms with van der Waals surface area (Å²) in [6.45, 7) is 1.06. The van der Waals surface area contributed by atoms with Crippen molar-refractivity contribution in [3.63, 3.8) is 0 Å². The Kier molecular flexibility index (Phi) is 7.50. The topological polar surface area (TPSA) is 96.4 Å². The Morgan fingerprint density at radius 2 is 1.76 bits per heavy atom. The number of benzene rings is 2. The van der Waals surface area contributed by atoms with Crippen LogP contribution in [0.3, 0.4) is 0 Å². The largest absolute Gasteiger partial charge is 0.507 e. The highest BCUT2D eigenvalue weighted by atomic mass is 16.5. The fourth-order valence-electron chi connectivity index (χ4n) is 3.86. The highest BCUT2D eigenvalue weighted by Gasteiger charge is 2.45. The summed E-state index contributed by atoms with van der Waals surface area (Å²) >= 11 is 0. The molecule has 3 rings (SSSR count). The molecule has 0 radical (unpaired) electrons. The summed E-state index contributed by atoms with van der Waals surface area (Å²) < 4.78 is 9.97. The first-order chi connectivity index (χ1) is 15.8. The maximum absolute atomic E-state index is 13.1. The molecule has 1 amide bonds. The lowest BCUT2D eigenvalue weighted by Gasteiger charge is -2.26.